The van der Waals surface area contributed by atoms with Gasteiger partial charge < -0.3 is 18.9 Å². The molecule has 0 fully saturated rings. The summed E-state index contributed by atoms with van der Waals surface area (Å²) in [6.45, 7) is 0. The molecule has 2 aliphatic carbocycles. The average Bonchev–Trinajstić information content (AvgIpc) is 3.75. The Morgan fingerprint density at radius 1 is 0.500 bits per heavy atom. The van der Waals surface area contributed by atoms with Crippen LogP contribution in [0.1, 0.15) is 22.3 Å². The van der Waals surface area contributed by atoms with Crippen molar-refractivity contribution in [2.45, 2.75) is 5.41 Å². The first kappa shape index (κ1) is 22.6. The molecule has 0 unspecified atom stereocenters. The quantitative estimate of drug-likeness (QED) is 0.212. The zero-order chi connectivity index (χ0) is 27.7. The van der Waals surface area contributed by atoms with Gasteiger partial charge in [-0.05, 0) is 57.0 Å². The fraction of sp³-hybridized carbons (Fsp3) is 0.0270. The largest absolute Gasteiger partial charge is 0.489 e. The van der Waals surface area contributed by atoms with Gasteiger partial charge in [0.1, 0.15) is 22.3 Å². The van der Waals surface area contributed by atoms with Crippen LogP contribution in [-0.4, -0.2) is 17.2 Å². The Kier molecular flexibility index (Phi) is 4.08. The third-order valence-electron chi connectivity index (χ3n) is 9.51. The molecular weight excluding hydrogens is 519 g/mol. The number of hydrogen-bond donors (Lipinski definition) is 2. The van der Waals surface area contributed by atoms with Crippen LogP contribution in [-0.2, 0) is 5.41 Å². The van der Waals surface area contributed by atoms with Gasteiger partial charge in [0.25, 0.3) is 0 Å². The second-order valence-corrected chi connectivity index (χ2v) is 11.4. The number of fused-ring (bicyclic) bond motifs is 18. The summed E-state index contributed by atoms with van der Waals surface area (Å²) in [5.41, 5.74) is 11.7. The molecule has 4 nitrogen and oxygen atoms in total. The summed E-state index contributed by atoms with van der Waals surface area (Å²) >= 11 is 0. The summed E-state index contributed by atoms with van der Waals surface area (Å²) < 4.78 is 13.1. The number of benzene rings is 6. The minimum Gasteiger partial charge on any atom is -0.456 e. The van der Waals surface area contributed by atoms with Crippen LogP contribution in [0.2, 0.25) is 0 Å². The van der Waals surface area contributed by atoms with Crippen LogP contribution in [0, 0.1) is 0 Å². The Balaban J connectivity index is 1.52. The van der Waals surface area contributed by atoms with Crippen molar-refractivity contribution in [3.63, 3.8) is 0 Å². The van der Waals surface area contributed by atoms with E-state index in [1.807, 2.05) is 48.5 Å². The highest BCUT2D eigenvalue weighted by Gasteiger charge is 2.53. The summed E-state index contributed by atoms with van der Waals surface area (Å²) in [7, 11) is -1.68. The Morgan fingerprint density at radius 2 is 1.10 bits per heavy atom. The lowest BCUT2D eigenvalue weighted by Gasteiger charge is -2.30. The SMILES string of the molecule is OB(O)c1cc2c(c3oc4ccccc4c13)-c1c(ccc3oc4ccccc4c13)C21c2ccccc2-c2ccccc21. The summed E-state index contributed by atoms with van der Waals surface area (Å²) in [6, 6.07) is 39.5. The van der Waals surface area contributed by atoms with Crippen LogP contribution >= 0.6 is 0 Å². The second kappa shape index (κ2) is 7.59. The van der Waals surface area contributed by atoms with E-state index in [0.717, 1.165) is 55.0 Å². The molecule has 0 bridgehead atoms. The van der Waals surface area contributed by atoms with Crippen LogP contribution in [0.4, 0.5) is 0 Å². The molecule has 8 aromatic rings. The topological polar surface area (TPSA) is 66.7 Å². The van der Waals surface area contributed by atoms with Gasteiger partial charge in [-0.2, -0.15) is 0 Å². The van der Waals surface area contributed by atoms with Gasteiger partial charge in [0.15, 0.2) is 0 Å². The van der Waals surface area contributed by atoms with E-state index in [1.165, 1.54) is 22.3 Å². The van der Waals surface area contributed by atoms with Gasteiger partial charge in [-0.25, -0.2) is 0 Å². The van der Waals surface area contributed by atoms with E-state index < -0.39 is 12.5 Å². The molecule has 42 heavy (non-hydrogen) atoms. The predicted molar refractivity (Wildman–Crippen MR) is 167 cm³/mol. The van der Waals surface area contributed by atoms with E-state index >= 15 is 0 Å². The van der Waals surface area contributed by atoms with Gasteiger partial charge in [0.05, 0.1) is 5.41 Å². The molecule has 10 rings (SSSR count). The van der Waals surface area contributed by atoms with Crippen LogP contribution in [0.15, 0.2) is 124 Å². The summed E-state index contributed by atoms with van der Waals surface area (Å²) in [4.78, 5) is 0. The number of rotatable bonds is 1. The van der Waals surface area contributed by atoms with Crippen LogP contribution in [0.25, 0.3) is 66.1 Å². The van der Waals surface area contributed by atoms with Crippen molar-refractivity contribution in [2.75, 3.05) is 0 Å². The fourth-order valence-corrected chi connectivity index (χ4v) is 8.03. The van der Waals surface area contributed by atoms with E-state index in [0.29, 0.717) is 16.6 Å². The van der Waals surface area contributed by atoms with E-state index in [-0.39, 0.29) is 0 Å². The molecular formula is C37H21BO4. The predicted octanol–water partition coefficient (Wildman–Crippen LogP) is 7.51. The molecule has 1 spiro atoms. The van der Waals surface area contributed by atoms with E-state index in [9.17, 15) is 10.0 Å². The third kappa shape index (κ3) is 2.45. The first-order chi connectivity index (χ1) is 20.7. The van der Waals surface area contributed by atoms with Crippen LogP contribution in [0.3, 0.4) is 0 Å². The zero-order valence-corrected chi connectivity index (χ0v) is 22.3. The minimum absolute atomic E-state index is 0.441. The molecule has 0 amide bonds. The Bertz CT molecular complexity index is 2420. The Morgan fingerprint density at radius 3 is 1.79 bits per heavy atom. The molecule has 2 aliphatic rings. The molecule has 0 saturated carbocycles. The van der Waals surface area contributed by atoms with Gasteiger partial charge in [0, 0.05) is 32.7 Å². The molecule has 0 aliphatic heterocycles. The Hall–Kier alpha value is -5.10. The molecule has 0 radical (unpaired) electrons. The maximum Gasteiger partial charge on any atom is 0.489 e. The average molecular weight is 540 g/mol. The third-order valence-corrected chi connectivity index (χ3v) is 9.51. The molecule has 0 atom stereocenters. The molecule has 2 N–H and O–H groups in total. The van der Waals surface area contributed by atoms with E-state index in [2.05, 4.69) is 66.7 Å². The van der Waals surface area contributed by atoms with E-state index in [1.54, 1.807) is 0 Å². The summed E-state index contributed by atoms with van der Waals surface area (Å²) in [5, 5.41) is 25.4. The van der Waals surface area contributed by atoms with Crippen molar-refractivity contribution in [3.8, 4) is 22.3 Å². The molecule has 5 heteroatoms. The van der Waals surface area contributed by atoms with Crippen molar-refractivity contribution in [1.82, 2.24) is 0 Å². The fourth-order valence-electron chi connectivity index (χ4n) is 8.03. The van der Waals surface area contributed by atoms with E-state index in [4.69, 9.17) is 8.83 Å². The second-order valence-electron chi connectivity index (χ2n) is 11.4. The highest BCUT2D eigenvalue weighted by molar-refractivity contribution is 6.63. The molecule has 2 aromatic heterocycles. The van der Waals surface area contributed by atoms with Crippen molar-refractivity contribution in [3.05, 3.63) is 138 Å². The zero-order valence-electron chi connectivity index (χ0n) is 22.3. The Labute approximate surface area is 240 Å². The lowest BCUT2D eigenvalue weighted by atomic mass is 9.68. The maximum absolute atomic E-state index is 10.8. The number of para-hydroxylation sites is 2. The van der Waals surface area contributed by atoms with Gasteiger partial charge >= 0.3 is 7.12 Å². The van der Waals surface area contributed by atoms with Crippen molar-refractivity contribution >= 4 is 56.5 Å². The van der Waals surface area contributed by atoms with Crippen molar-refractivity contribution in [1.29, 1.82) is 0 Å². The monoisotopic (exact) mass is 540 g/mol. The van der Waals surface area contributed by atoms with Gasteiger partial charge in [0.2, 0.25) is 0 Å². The minimum atomic E-state index is -1.68. The molecule has 6 aromatic carbocycles. The van der Waals surface area contributed by atoms with Crippen molar-refractivity contribution < 1.29 is 18.9 Å². The number of hydrogen-bond acceptors (Lipinski definition) is 4. The summed E-state index contributed by atoms with van der Waals surface area (Å²) in [5.74, 6) is 0. The number of furan rings is 2. The lowest BCUT2D eigenvalue weighted by molar-refractivity contribution is 0.426. The normalized spacial score (nSPS) is 14.1. The molecule has 0 saturated heterocycles. The molecule has 2 heterocycles. The first-order valence-electron chi connectivity index (χ1n) is 14.2. The van der Waals surface area contributed by atoms with Crippen LogP contribution in [0.5, 0.6) is 0 Å². The highest BCUT2D eigenvalue weighted by atomic mass is 16.4. The highest BCUT2D eigenvalue weighted by Crippen LogP contribution is 2.65. The first-order valence-corrected chi connectivity index (χ1v) is 14.2. The van der Waals surface area contributed by atoms with Crippen molar-refractivity contribution in [2.24, 2.45) is 0 Å². The maximum atomic E-state index is 10.8. The smallest absolute Gasteiger partial charge is 0.456 e. The van der Waals surface area contributed by atoms with Gasteiger partial charge in [-0.3, -0.25) is 0 Å². The van der Waals surface area contributed by atoms with Gasteiger partial charge in [-0.1, -0.05) is 97.1 Å². The van der Waals surface area contributed by atoms with Crippen LogP contribution < -0.4 is 5.46 Å². The lowest BCUT2D eigenvalue weighted by Crippen LogP contribution is -2.33. The van der Waals surface area contributed by atoms with Gasteiger partial charge in [-0.15, -0.1) is 0 Å². The summed E-state index contributed by atoms with van der Waals surface area (Å²) in [6.07, 6.45) is 0. The standard InChI is InChI=1S/C37H21BO4/c39-38(40)28-19-27-35(36-32(28)22-11-3-8-16-30(22)42-36)34-26(17-18-31-33(34)23-12-4-7-15-29(23)41-31)37(27)24-13-5-1-9-20(24)21-10-2-6-14-25(21)37/h1-19,39-40H. The molecule has 196 valence electrons.